The van der Waals surface area contributed by atoms with Crippen LogP contribution >= 0.6 is 0 Å². The average Bonchev–Trinajstić information content (AvgIpc) is 2.63. The molecule has 132 valence electrons. The van der Waals surface area contributed by atoms with E-state index in [1.807, 2.05) is 23.6 Å². The quantitative estimate of drug-likeness (QED) is 0.903. The van der Waals surface area contributed by atoms with Crippen LogP contribution in [-0.2, 0) is 12.8 Å². The number of nitrogens with one attached hydrogen (secondary N) is 1. The third kappa shape index (κ3) is 3.25. The number of anilines is 1. The zero-order valence-electron chi connectivity index (χ0n) is 14.7. The largest absolute Gasteiger partial charge is 0.339 e. The molecule has 2 amide bonds. The van der Waals surface area contributed by atoms with E-state index >= 15 is 0 Å². The topological polar surface area (TPSA) is 72.5 Å². The monoisotopic (exact) mass is 333 g/mol. The van der Waals surface area contributed by atoms with Crippen LogP contribution in [0.1, 0.15) is 37.9 Å². The Kier molecular flexibility index (Phi) is 5.06. The van der Waals surface area contributed by atoms with Crippen molar-refractivity contribution < 1.29 is 4.79 Å². The van der Waals surface area contributed by atoms with Crippen LogP contribution in [-0.4, -0.2) is 65.1 Å². The second-order valence-corrected chi connectivity index (χ2v) is 6.45. The minimum absolute atomic E-state index is 0.0105. The number of fused-ring (bicyclic) bond motifs is 1. The molecule has 1 aliphatic carbocycles. The number of carbonyl (C=O) groups excluding carboxylic acids is 1. The third-order valence-corrected chi connectivity index (χ3v) is 5.06. The molecule has 1 fully saturated rings. The first-order valence-electron chi connectivity index (χ1n) is 9.04. The van der Waals surface area contributed by atoms with E-state index in [0.717, 1.165) is 50.0 Å². The lowest BCUT2D eigenvalue weighted by atomic mass is 9.97. The Bertz CT molecular complexity index is 645. The Balaban J connectivity index is 1.68. The average molecular weight is 333 g/mol. The Morgan fingerprint density at radius 3 is 2.46 bits per heavy atom. The minimum Gasteiger partial charge on any atom is -0.339 e. The summed E-state index contributed by atoms with van der Waals surface area (Å²) >= 11 is 0. The molecule has 2 aliphatic rings. The lowest BCUT2D eigenvalue weighted by molar-refractivity contribution is 0.154. The number of aromatic amines is 1. The number of aryl methyl sites for hydroxylation is 1. The molecular weight excluding hydrogens is 306 g/mol. The van der Waals surface area contributed by atoms with Crippen LogP contribution in [0.15, 0.2) is 4.79 Å². The van der Waals surface area contributed by atoms with E-state index in [2.05, 4.69) is 9.88 Å². The van der Waals surface area contributed by atoms with E-state index in [1.165, 1.54) is 0 Å². The number of hydrogen-bond donors (Lipinski definition) is 1. The standard InChI is InChI=1S/C17H27N5O2/c1-3-20(4-2)17(24)22-11-9-21(10-12-22)16-18-14-8-6-5-7-13(14)15(23)19-16/h3-12H2,1-2H3,(H,18,19,23). The van der Waals surface area contributed by atoms with Crippen LogP contribution in [0, 0.1) is 0 Å². The molecule has 1 saturated heterocycles. The molecule has 0 saturated carbocycles. The lowest BCUT2D eigenvalue weighted by Gasteiger charge is -2.37. The first kappa shape index (κ1) is 16.8. The highest BCUT2D eigenvalue weighted by Crippen LogP contribution is 2.19. The van der Waals surface area contributed by atoms with Gasteiger partial charge in [-0.05, 0) is 39.5 Å². The van der Waals surface area contributed by atoms with Gasteiger partial charge in [0, 0.05) is 44.8 Å². The van der Waals surface area contributed by atoms with Gasteiger partial charge < -0.3 is 14.7 Å². The zero-order chi connectivity index (χ0) is 17.1. The summed E-state index contributed by atoms with van der Waals surface area (Å²) in [7, 11) is 0. The maximum Gasteiger partial charge on any atom is 0.320 e. The van der Waals surface area contributed by atoms with Gasteiger partial charge in [-0.3, -0.25) is 9.78 Å². The fraction of sp³-hybridized carbons (Fsp3) is 0.706. The van der Waals surface area contributed by atoms with E-state index in [4.69, 9.17) is 4.98 Å². The number of piperazine rings is 1. The lowest BCUT2D eigenvalue weighted by Crippen LogP contribution is -2.53. The number of hydrogen-bond acceptors (Lipinski definition) is 4. The van der Waals surface area contributed by atoms with Crippen molar-refractivity contribution in [2.45, 2.75) is 39.5 Å². The summed E-state index contributed by atoms with van der Waals surface area (Å²) in [5.74, 6) is 0.663. The first-order chi connectivity index (χ1) is 11.6. The molecule has 3 rings (SSSR count). The van der Waals surface area contributed by atoms with Crippen molar-refractivity contribution in [2.24, 2.45) is 0 Å². The molecule has 0 atom stereocenters. The number of rotatable bonds is 3. The summed E-state index contributed by atoms with van der Waals surface area (Å²) in [5, 5.41) is 0. The second-order valence-electron chi connectivity index (χ2n) is 6.45. The van der Waals surface area contributed by atoms with Gasteiger partial charge in [-0.2, -0.15) is 0 Å². The summed E-state index contributed by atoms with van der Waals surface area (Å²) in [4.78, 5) is 38.1. The van der Waals surface area contributed by atoms with Gasteiger partial charge in [0.05, 0.1) is 5.69 Å². The fourth-order valence-electron chi connectivity index (χ4n) is 3.54. The summed E-state index contributed by atoms with van der Waals surface area (Å²) in [6.07, 6.45) is 3.91. The second kappa shape index (κ2) is 7.23. The number of carbonyl (C=O) groups is 1. The maximum atomic E-state index is 12.4. The number of amides is 2. The zero-order valence-corrected chi connectivity index (χ0v) is 14.7. The molecule has 1 aliphatic heterocycles. The van der Waals surface area contributed by atoms with E-state index in [0.29, 0.717) is 32.1 Å². The molecule has 0 unspecified atom stereocenters. The van der Waals surface area contributed by atoms with Gasteiger partial charge in [-0.15, -0.1) is 0 Å². The number of H-pyrrole nitrogens is 1. The summed E-state index contributed by atoms with van der Waals surface area (Å²) in [6.45, 7) is 8.19. The van der Waals surface area contributed by atoms with Crippen LogP contribution in [0.25, 0.3) is 0 Å². The van der Waals surface area contributed by atoms with Crippen molar-refractivity contribution in [1.29, 1.82) is 0 Å². The maximum absolute atomic E-state index is 12.4. The van der Waals surface area contributed by atoms with Crippen LogP contribution < -0.4 is 10.5 Å². The van der Waals surface area contributed by atoms with Gasteiger partial charge >= 0.3 is 6.03 Å². The molecule has 0 aromatic carbocycles. The summed E-state index contributed by atoms with van der Waals surface area (Å²) in [6, 6.07) is 0.103. The molecule has 7 nitrogen and oxygen atoms in total. The van der Waals surface area contributed by atoms with Gasteiger partial charge in [0.15, 0.2) is 0 Å². The summed E-state index contributed by atoms with van der Waals surface area (Å²) in [5.41, 5.74) is 1.83. The SMILES string of the molecule is CCN(CC)C(=O)N1CCN(c2nc3c(c(=O)[nH]2)CCCC3)CC1. The van der Waals surface area contributed by atoms with Crippen LogP contribution in [0.4, 0.5) is 10.7 Å². The summed E-state index contributed by atoms with van der Waals surface area (Å²) < 4.78 is 0. The van der Waals surface area contributed by atoms with Crippen LogP contribution in [0.3, 0.4) is 0 Å². The Hall–Kier alpha value is -2.05. The van der Waals surface area contributed by atoms with Gasteiger partial charge in [-0.1, -0.05) is 0 Å². The number of aromatic nitrogens is 2. The smallest absolute Gasteiger partial charge is 0.320 e. The van der Waals surface area contributed by atoms with Gasteiger partial charge in [0.25, 0.3) is 5.56 Å². The highest BCUT2D eigenvalue weighted by Gasteiger charge is 2.26. The van der Waals surface area contributed by atoms with E-state index < -0.39 is 0 Å². The van der Waals surface area contributed by atoms with Crippen LogP contribution in [0.2, 0.25) is 0 Å². The van der Waals surface area contributed by atoms with E-state index in [1.54, 1.807) is 0 Å². The molecule has 1 aromatic heterocycles. The molecule has 1 aromatic rings. The van der Waals surface area contributed by atoms with E-state index in [-0.39, 0.29) is 11.6 Å². The molecular formula is C17H27N5O2. The molecule has 2 heterocycles. The van der Waals surface area contributed by atoms with Crippen molar-refractivity contribution in [3.05, 3.63) is 21.6 Å². The molecule has 7 heteroatoms. The number of nitrogens with zero attached hydrogens (tertiary/aromatic N) is 4. The van der Waals surface area contributed by atoms with Gasteiger partial charge in [0.2, 0.25) is 5.95 Å². The predicted molar refractivity (Wildman–Crippen MR) is 93.6 cm³/mol. The van der Waals surface area contributed by atoms with Crippen molar-refractivity contribution >= 4 is 12.0 Å². The molecule has 0 radical (unpaired) electrons. The van der Waals surface area contributed by atoms with Crippen molar-refractivity contribution in [3.8, 4) is 0 Å². The Morgan fingerprint density at radius 1 is 1.12 bits per heavy atom. The Labute approximate surface area is 142 Å². The van der Waals surface area contributed by atoms with Crippen molar-refractivity contribution in [2.75, 3.05) is 44.2 Å². The first-order valence-corrected chi connectivity index (χ1v) is 9.04. The molecule has 0 bridgehead atoms. The highest BCUT2D eigenvalue weighted by molar-refractivity contribution is 5.74. The Morgan fingerprint density at radius 2 is 1.79 bits per heavy atom. The molecule has 24 heavy (non-hydrogen) atoms. The molecule has 0 spiro atoms. The number of urea groups is 1. The fourth-order valence-corrected chi connectivity index (χ4v) is 3.54. The van der Waals surface area contributed by atoms with Crippen molar-refractivity contribution in [3.63, 3.8) is 0 Å². The van der Waals surface area contributed by atoms with E-state index in [9.17, 15) is 9.59 Å². The minimum atomic E-state index is 0.0105. The van der Waals surface area contributed by atoms with Crippen LogP contribution in [0.5, 0.6) is 0 Å². The third-order valence-electron chi connectivity index (χ3n) is 5.06. The normalized spacial score (nSPS) is 17.6. The predicted octanol–water partition coefficient (Wildman–Crippen LogP) is 1.23. The van der Waals surface area contributed by atoms with Gasteiger partial charge in [0.1, 0.15) is 0 Å². The van der Waals surface area contributed by atoms with Gasteiger partial charge in [-0.25, -0.2) is 9.78 Å². The molecule has 1 N–H and O–H groups in total. The highest BCUT2D eigenvalue weighted by atomic mass is 16.2. The van der Waals surface area contributed by atoms with Crippen molar-refractivity contribution in [1.82, 2.24) is 19.8 Å².